The fourth-order valence-electron chi connectivity index (χ4n) is 1.64. The lowest BCUT2D eigenvalue weighted by molar-refractivity contribution is -0.120. The summed E-state index contributed by atoms with van der Waals surface area (Å²) in [6, 6.07) is 7.38. The van der Waals surface area contributed by atoms with E-state index in [0.29, 0.717) is 13.0 Å². The van der Waals surface area contributed by atoms with Gasteiger partial charge in [0.25, 0.3) is 0 Å². The monoisotopic (exact) mass is 236 g/mol. The van der Waals surface area contributed by atoms with E-state index in [4.69, 9.17) is 0 Å². The maximum atomic E-state index is 11.2. The molecule has 1 atom stereocenters. The molecule has 1 unspecified atom stereocenters. The number of benzene rings is 1. The molecular weight excluding hydrogens is 216 g/mol. The third kappa shape index (κ3) is 4.07. The highest BCUT2D eigenvalue weighted by Crippen LogP contribution is 2.22. The molecule has 0 fully saturated rings. The number of carbonyl (C=O) groups is 1. The van der Waals surface area contributed by atoms with Crippen molar-refractivity contribution in [2.24, 2.45) is 0 Å². The van der Waals surface area contributed by atoms with Crippen molar-refractivity contribution in [2.75, 3.05) is 20.6 Å². The van der Waals surface area contributed by atoms with Gasteiger partial charge in [-0.15, -0.1) is 0 Å². The van der Waals surface area contributed by atoms with E-state index in [2.05, 4.69) is 17.1 Å². The number of nitrogens with zero attached hydrogens (tertiary/aromatic N) is 1. The molecule has 1 amide bonds. The number of phenolic OH excluding ortho intramolecular Hbond substituents is 1. The fourth-order valence-corrected chi connectivity index (χ4v) is 1.64. The molecule has 0 saturated heterocycles. The number of rotatable bonds is 5. The van der Waals surface area contributed by atoms with Crippen LogP contribution in [0.2, 0.25) is 0 Å². The molecule has 0 saturated carbocycles. The molecule has 4 heteroatoms. The Morgan fingerprint density at radius 3 is 2.82 bits per heavy atom. The molecular formula is C13H20N2O2. The molecule has 0 heterocycles. The standard InChI is InChI=1S/C13H20N2O2/c1-10(11-5-4-6-12(16)9-11)15(3)8-7-13(17)14-2/h4-6,9-10,16H,7-8H2,1-3H3,(H,14,17). The molecule has 1 aromatic carbocycles. The van der Waals surface area contributed by atoms with Crippen LogP contribution >= 0.6 is 0 Å². The Balaban J connectivity index is 2.57. The molecule has 0 aliphatic heterocycles. The van der Waals surface area contributed by atoms with Gasteiger partial charge in [0.1, 0.15) is 5.75 Å². The molecule has 1 rings (SSSR count). The first kappa shape index (κ1) is 13.5. The molecule has 0 spiro atoms. The lowest BCUT2D eigenvalue weighted by Gasteiger charge is -2.24. The second kappa shape index (κ2) is 6.25. The highest BCUT2D eigenvalue weighted by atomic mass is 16.3. The van der Waals surface area contributed by atoms with E-state index in [1.54, 1.807) is 19.2 Å². The lowest BCUT2D eigenvalue weighted by Crippen LogP contribution is -2.28. The molecule has 1 aromatic rings. The van der Waals surface area contributed by atoms with Gasteiger partial charge in [0.15, 0.2) is 0 Å². The predicted molar refractivity (Wildman–Crippen MR) is 67.8 cm³/mol. The van der Waals surface area contributed by atoms with E-state index in [-0.39, 0.29) is 17.7 Å². The lowest BCUT2D eigenvalue weighted by atomic mass is 10.1. The van der Waals surface area contributed by atoms with Gasteiger partial charge < -0.3 is 10.4 Å². The van der Waals surface area contributed by atoms with Crippen molar-refractivity contribution in [2.45, 2.75) is 19.4 Å². The third-order valence-corrected chi connectivity index (χ3v) is 2.98. The third-order valence-electron chi connectivity index (χ3n) is 2.98. The van der Waals surface area contributed by atoms with Gasteiger partial charge in [0.2, 0.25) is 5.91 Å². The van der Waals surface area contributed by atoms with E-state index in [9.17, 15) is 9.90 Å². The average molecular weight is 236 g/mol. The number of amides is 1. The van der Waals surface area contributed by atoms with Crippen LogP contribution < -0.4 is 5.32 Å². The second-order valence-electron chi connectivity index (χ2n) is 4.17. The summed E-state index contributed by atoms with van der Waals surface area (Å²) in [5.41, 5.74) is 1.05. The summed E-state index contributed by atoms with van der Waals surface area (Å²) in [5, 5.41) is 12.0. The van der Waals surface area contributed by atoms with E-state index < -0.39 is 0 Å². The first-order valence-electron chi connectivity index (χ1n) is 5.74. The van der Waals surface area contributed by atoms with Crippen LogP contribution in [0.15, 0.2) is 24.3 Å². The Hall–Kier alpha value is -1.55. The number of nitrogens with one attached hydrogen (secondary N) is 1. The zero-order valence-electron chi connectivity index (χ0n) is 10.6. The maximum absolute atomic E-state index is 11.2. The first-order chi connectivity index (χ1) is 8.04. The van der Waals surface area contributed by atoms with Gasteiger partial charge in [-0.2, -0.15) is 0 Å². The second-order valence-corrected chi connectivity index (χ2v) is 4.17. The van der Waals surface area contributed by atoms with Crippen molar-refractivity contribution in [1.82, 2.24) is 10.2 Å². The molecule has 2 N–H and O–H groups in total. The van der Waals surface area contributed by atoms with Crippen molar-refractivity contribution in [3.05, 3.63) is 29.8 Å². The van der Waals surface area contributed by atoms with Crippen molar-refractivity contribution in [3.8, 4) is 5.75 Å². The SMILES string of the molecule is CNC(=O)CCN(C)C(C)c1cccc(O)c1. The number of aromatic hydroxyl groups is 1. The number of carbonyl (C=O) groups excluding carboxylic acids is 1. The van der Waals surface area contributed by atoms with Gasteiger partial charge in [-0.3, -0.25) is 9.69 Å². The Kier molecular flexibility index (Phi) is 4.97. The molecule has 0 aromatic heterocycles. The van der Waals surface area contributed by atoms with Gasteiger partial charge in [0, 0.05) is 26.1 Å². The molecule has 0 aliphatic rings. The first-order valence-corrected chi connectivity index (χ1v) is 5.74. The topological polar surface area (TPSA) is 52.6 Å². The molecule has 0 bridgehead atoms. The number of phenols is 1. The van der Waals surface area contributed by atoms with Gasteiger partial charge in [-0.05, 0) is 31.7 Å². The van der Waals surface area contributed by atoms with Crippen LogP contribution in [0.1, 0.15) is 24.9 Å². The zero-order chi connectivity index (χ0) is 12.8. The van der Waals surface area contributed by atoms with Gasteiger partial charge in [-0.1, -0.05) is 12.1 Å². The zero-order valence-corrected chi connectivity index (χ0v) is 10.6. The molecule has 17 heavy (non-hydrogen) atoms. The largest absolute Gasteiger partial charge is 0.508 e. The van der Waals surface area contributed by atoms with E-state index in [0.717, 1.165) is 5.56 Å². The Morgan fingerprint density at radius 1 is 1.53 bits per heavy atom. The summed E-state index contributed by atoms with van der Waals surface area (Å²) in [6.07, 6.45) is 0.482. The van der Waals surface area contributed by atoms with E-state index >= 15 is 0 Å². The summed E-state index contributed by atoms with van der Waals surface area (Å²) < 4.78 is 0. The van der Waals surface area contributed by atoms with Gasteiger partial charge >= 0.3 is 0 Å². The van der Waals surface area contributed by atoms with Crippen molar-refractivity contribution >= 4 is 5.91 Å². The van der Waals surface area contributed by atoms with Crippen molar-refractivity contribution in [3.63, 3.8) is 0 Å². The highest BCUT2D eigenvalue weighted by molar-refractivity contribution is 5.75. The summed E-state index contributed by atoms with van der Waals surface area (Å²) in [6.45, 7) is 2.75. The minimum Gasteiger partial charge on any atom is -0.508 e. The minimum absolute atomic E-state index is 0.0416. The summed E-state index contributed by atoms with van der Waals surface area (Å²) in [4.78, 5) is 13.2. The van der Waals surface area contributed by atoms with Crippen LogP contribution in [-0.2, 0) is 4.79 Å². The molecule has 94 valence electrons. The average Bonchev–Trinajstić information content (AvgIpc) is 2.34. The predicted octanol–water partition coefficient (Wildman–Crippen LogP) is 1.52. The summed E-state index contributed by atoms with van der Waals surface area (Å²) in [5.74, 6) is 0.314. The normalized spacial score (nSPS) is 12.5. The van der Waals surface area contributed by atoms with E-state index in [1.807, 2.05) is 19.2 Å². The van der Waals surface area contributed by atoms with E-state index in [1.165, 1.54) is 0 Å². The minimum atomic E-state index is 0.0416. The van der Waals surface area contributed by atoms with Crippen LogP contribution in [0.5, 0.6) is 5.75 Å². The molecule has 4 nitrogen and oxygen atoms in total. The van der Waals surface area contributed by atoms with Crippen LogP contribution in [0.25, 0.3) is 0 Å². The van der Waals surface area contributed by atoms with Crippen molar-refractivity contribution in [1.29, 1.82) is 0 Å². The van der Waals surface area contributed by atoms with Gasteiger partial charge in [-0.25, -0.2) is 0 Å². The highest BCUT2D eigenvalue weighted by Gasteiger charge is 2.12. The van der Waals surface area contributed by atoms with Crippen molar-refractivity contribution < 1.29 is 9.90 Å². The molecule has 0 aliphatic carbocycles. The fraction of sp³-hybridized carbons (Fsp3) is 0.462. The summed E-state index contributed by atoms with van der Waals surface area (Å²) >= 11 is 0. The van der Waals surface area contributed by atoms with Crippen LogP contribution in [0.3, 0.4) is 0 Å². The molecule has 0 radical (unpaired) electrons. The van der Waals surface area contributed by atoms with Crippen LogP contribution in [0.4, 0.5) is 0 Å². The van der Waals surface area contributed by atoms with Crippen LogP contribution in [0, 0.1) is 0 Å². The number of hydrogen-bond donors (Lipinski definition) is 2. The summed E-state index contributed by atoms with van der Waals surface area (Å²) in [7, 11) is 3.61. The van der Waals surface area contributed by atoms with Crippen LogP contribution in [-0.4, -0.2) is 36.6 Å². The Bertz CT molecular complexity index is 379. The Labute approximate surface area is 102 Å². The number of hydrogen-bond acceptors (Lipinski definition) is 3. The Morgan fingerprint density at radius 2 is 2.24 bits per heavy atom. The quantitative estimate of drug-likeness (QED) is 0.815. The smallest absolute Gasteiger partial charge is 0.221 e. The maximum Gasteiger partial charge on any atom is 0.221 e. The van der Waals surface area contributed by atoms with Gasteiger partial charge in [0.05, 0.1) is 0 Å².